The summed E-state index contributed by atoms with van der Waals surface area (Å²) in [5, 5.41) is 3.45. The number of carbonyl (C=O) groups is 3. The number of nitrogens with two attached hydrogens (primary N) is 1. The fourth-order valence-corrected chi connectivity index (χ4v) is 4.18. The van der Waals surface area contributed by atoms with Gasteiger partial charge in [0.15, 0.2) is 6.17 Å². The summed E-state index contributed by atoms with van der Waals surface area (Å²) in [5.74, 6) is -0.997. The van der Waals surface area contributed by atoms with E-state index in [1.54, 1.807) is 6.07 Å². The third-order valence-electron chi connectivity index (χ3n) is 5.53. The zero-order chi connectivity index (χ0) is 25.0. The molecule has 2 aromatic carbocycles. The van der Waals surface area contributed by atoms with Gasteiger partial charge in [-0.1, -0.05) is 68.2 Å². The molecule has 1 heterocycles. The first-order valence-corrected chi connectivity index (χ1v) is 11.9. The van der Waals surface area contributed by atoms with Crippen LogP contribution in [-0.4, -0.2) is 46.8 Å². The highest BCUT2D eigenvalue weighted by atomic mass is 35.5. The van der Waals surface area contributed by atoms with Gasteiger partial charge in [0.25, 0.3) is 11.8 Å². The number of rotatable bonds is 6. The van der Waals surface area contributed by atoms with Crippen LogP contribution in [0.5, 0.6) is 0 Å². The van der Waals surface area contributed by atoms with Gasteiger partial charge >= 0.3 is 0 Å². The van der Waals surface area contributed by atoms with Crippen LogP contribution in [0.4, 0.5) is 0 Å². The van der Waals surface area contributed by atoms with Crippen molar-refractivity contribution in [1.82, 2.24) is 15.1 Å². The number of amides is 3. The molecule has 3 N–H and O–H groups in total. The van der Waals surface area contributed by atoms with Gasteiger partial charge in [-0.15, -0.1) is 0 Å². The third-order valence-corrected chi connectivity index (χ3v) is 6.27. The number of hydrogen-bond acceptors (Lipinski definition) is 4. The molecule has 7 nitrogen and oxygen atoms in total. The Kier molecular flexibility index (Phi) is 8.23. The molecule has 0 bridgehead atoms. The predicted octanol–water partition coefficient (Wildman–Crippen LogP) is 3.82. The largest absolute Gasteiger partial charge is 0.349 e. The second-order valence-electron chi connectivity index (χ2n) is 9.57. The molecule has 3 rings (SSSR count). The number of benzene rings is 2. The molecule has 0 saturated carbocycles. The van der Waals surface area contributed by atoms with Crippen LogP contribution < -0.4 is 11.1 Å². The van der Waals surface area contributed by atoms with Crippen molar-refractivity contribution in [3.8, 4) is 0 Å². The molecular weight excluding hydrogens is 475 g/mol. The van der Waals surface area contributed by atoms with Gasteiger partial charge < -0.3 is 20.9 Å². The highest BCUT2D eigenvalue weighted by molar-refractivity contribution is 6.42. The summed E-state index contributed by atoms with van der Waals surface area (Å²) in [4.78, 5) is 42.7. The number of carbonyl (C=O) groups excluding carboxylic acids is 3. The molecule has 34 heavy (non-hydrogen) atoms. The minimum atomic E-state index is -1.06. The van der Waals surface area contributed by atoms with E-state index >= 15 is 0 Å². The Morgan fingerprint density at radius 3 is 2.32 bits per heavy atom. The lowest BCUT2D eigenvalue weighted by Gasteiger charge is -2.31. The summed E-state index contributed by atoms with van der Waals surface area (Å²) in [7, 11) is 0. The first-order valence-electron chi connectivity index (χ1n) is 11.1. The van der Waals surface area contributed by atoms with E-state index in [0.29, 0.717) is 17.1 Å². The Morgan fingerprint density at radius 1 is 1.00 bits per heavy atom. The van der Waals surface area contributed by atoms with Gasteiger partial charge in [-0.2, -0.15) is 0 Å². The fourth-order valence-electron chi connectivity index (χ4n) is 3.88. The molecule has 0 radical (unpaired) electrons. The molecular formula is C25H30Cl2N4O3. The molecule has 1 saturated heterocycles. The van der Waals surface area contributed by atoms with Crippen molar-refractivity contribution in [1.29, 1.82) is 0 Å². The summed E-state index contributed by atoms with van der Waals surface area (Å²) in [6.07, 6.45) is -0.807. The van der Waals surface area contributed by atoms with Crippen LogP contribution in [0.3, 0.4) is 0 Å². The van der Waals surface area contributed by atoms with Gasteiger partial charge in [0, 0.05) is 38.2 Å². The van der Waals surface area contributed by atoms with Crippen molar-refractivity contribution < 1.29 is 14.4 Å². The van der Waals surface area contributed by atoms with Crippen LogP contribution in [0.2, 0.25) is 10.0 Å². The molecule has 1 aliphatic rings. The topological polar surface area (TPSA) is 95.7 Å². The van der Waals surface area contributed by atoms with E-state index in [-0.39, 0.29) is 42.4 Å². The second kappa shape index (κ2) is 10.8. The van der Waals surface area contributed by atoms with Crippen molar-refractivity contribution in [3.63, 3.8) is 0 Å². The summed E-state index contributed by atoms with van der Waals surface area (Å²) >= 11 is 12.1. The standard InChI is InChI=1S/C25H30Cl2N4O3/c1-25(2,3)13-21(32)30-9-10-31(24(34)18-7-8-19(26)20(27)12-18)23(30)22(33)29-15-17-6-4-5-16(11-17)14-28/h4-8,11-12,23H,9-10,13-15,28H2,1-3H3,(H,29,33). The lowest BCUT2D eigenvalue weighted by Crippen LogP contribution is -2.54. The maximum Gasteiger partial charge on any atom is 0.264 e. The molecule has 1 unspecified atom stereocenters. The van der Waals surface area contributed by atoms with E-state index in [0.717, 1.165) is 11.1 Å². The average molecular weight is 505 g/mol. The van der Waals surface area contributed by atoms with Crippen molar-refractivity contribution in [2.24, 2.45) is 11.1 Å². The Hall–Kier alpha value is -2.61. The average Bonchev–Trinajstić information content (AvgIpc) is 3.23. The lowest BCUT2D eigenvalue weighted by atomic mass is 9.91. The van der Waals surface area contributed by atoms with Gasteiger partial charge in [0.05, 0.1) is 10.0 Å². The summed E-state index contributed by atoms with van der Waals surface area (Å²) in [6.45, 7) is 7.01. The van der Waals surface area contributed by atoms with Crippen molar-refractivity contribution in [2.45, 2.75) is 46.4 Å². The summed E-state index contributed by atoms with van der Waals surface area (Å²) < 4.78 is 0. The van der Waals surface area contributed by atoms with Gasteiger partial charge in [-0.05, 0) is 34.7 Å². The molecule has 9 heteroatoms. The Morgan fingerprint density at radius 2 is 1.68 bits per heavy atom. The highest BCUT2D eigenvalue weighted by Gasteiger charge is 2.43. The highest BCUT2D eigenvalue weighted by Crippen LogP contribution is 2.27. The molecule has 1 aliphatic heterocycles. The zero-order valence-electron chi connectivity index (χ0n) is 19.6. The molecule has 182 valence electrons. The van der Waals surface area contributed by atoms with Crippen LogP contribution in [0.15, 0.2) is 42.5 Å². The monoisotopic (exact) mass is 504 g/mol. The Bertz CT molecular complexity index is 1080. The first kappa shape index (κ1) is 26.0. The second-order valence-corrected chi connectivity index (χ2v) is 10.4. The minimum absolute atomic E-state index is 0.179. The van der Waals surface area contributed by atoms with Crippen molar-refractivity contribution >= 4 is 40.9 Å². The minimum Gasteiger partial charge on any atom is -0.349 e. The normalized spacial score (nSPS) is 16.0. The zero-order valence-corrected chi connectivity index (χ0v) is 21.1. The predicted molar refractivity (Wildman–Crippen MR) is 133 cm³/mol. The van der Waals surface area contributed by atoms with Crippen LogP contribution in [0.1, 0.15) is 48.7 Å². The Labute approximate surface area is 210 Å². The maximum absolute atomic E-state index is 13.4. The van der Waals surface area contributed by atoms with Crippen molar-refractivity contribution in [2.75, 3.05) is 13.1 Å². The van der Waals surface area contributed by atoms with Crippen molar-refractivity contribution in [3.05, 3.63) is 69.2 Å². The molecule has 2 aromatic rings. The van der Waals surface area contributed by atoms with Crippen LogP contribution in [0, 0.1) is 5.41 Å². The molecule has 1 fully saturated rings. The number of hydrogen-bond donors (Lipinski definition) is 2. The van der Waals surface area contributed by atoms with Gasteiger partial charge in [-0.3, -0.25) is 14.4 Å². The van der Waals surface area contributed by atoms with E-state index in [1.807, 2.05) is 45.0 Å². The number of halogens is 2. The molecule has 3 amide bonds. The van der Waals surface area contributed by atoms with Gasteiger partial charge in [0.2, 0.25) is 5.91 Å². The van der Waals surface area contributed by atoms with Crippen LogP contribution in [-0.2, 0) is 22.7 Å². The van der Waals surface area contributed by atoms with Gasteiger partial charge in [-0.25, -0.2) is 0 Å². The van der Waals surface area contributed by atoms with Crippen LogP contribution >= 0.6 is 23.2 Å². The Balaban J connectivity index is 1.85. The SMILES string of the molecule is CC(C)(C)CC(=O)N1CCN(C(=O)c2ccc(Cl)c(Cl)c2)C1C(=O)NCc1cccc(CN)c1. The molecule has 1 atom stereocenters. The lowest BCUT2D eigenvalue weighted by molar-refractivity contribution is -0.142. The summed E-state index contributed by atoms with van der Waals surface area (Å²) in [6, 6.07) is 12.1. The van der Waals surface area contributed by atoms with E-state index < -0.39 is 18.0 Å². The molecule has 0 aromatic heterocycles. The third kappa shape index (κ3) is 6.29. The van der Waals surface area contributed by atoms with Gasteiger partial charge in [0.1, 0.15) is 0 Å². The summed E-state index contributed by atoms with van der Waals surface area (Å²) in [5.41, 5.74) is 7.58. The van der Waals surface area contributed by atoms with E-state index in [2.05, 4.69) is 5.32 Å². The fraction of sp³-hybridized carbons (Fsp3) is 0.400. The van der Waals surface area contributed by atoms with Crippen LogP contribution in [0.25, 0.3) is 0 Å². The van der Waals surface area contributed by atoms with E-state index in [9.17, 15) is 14.4 Å². The quantitative estimate of drug-likeness (QED) is 0.624. The number of nitrogens with one attached hydrogen (secondary N) is 1. The smallest absolute Gasteiger partial charge is 0.264 e. The van der Waals surface area contributed by atoms with E-state index in [1.165, 1.54) is 21.9 Å². The molecule has 0 spiro atoms. The van der Waals surface area contributed by atoms with E-state index in [4.69, 9.17) is 28.9 Å². The maximum atomic E-state index is 13.4. The molecule has 0 aliphatic carbocycles. The number of nitrogens with zero attached hydrogens (tertiary/aromatic N) is 2. The first-order chi connectivity index (χ1) is 16.0.